The van der Waals surface area contributed by atoms with Crippen molar-refractivity contribution in [3.8, 4) is 0 Å². The number of benzene rings is 1. The minimum Gasteiger partial charge on any atom is -0.282 e. The van der Waals surface area contributed by atoms with Crippen molar-refractivity contribution in [1.29, 1.82) is 0 Å². The standard InChI is InChI=1S/C6H4BrClO3S.H35P33/c7-5-2-1-4(3-6(5)8)12(9,10)11;1-18-27(19(2)3)31(26(16)17)33(30(24(12)13)25(14)15)32(28(20(4)5)21(6)7)29(22(8)9)23(10)11/h1-3H,(H,9,10,11);18H,1-17H2. The first-order chi connectivity index (χ1) is 20.4. The Kier molecular flexibility index (Phi) is 40.8. The van der Waals surface area contributed by atoms with Crippen molar-refractivity contribution in [3.63, 3.8) is 0 Å². The lowest BCUT2D eigenvalue weighted by Gasteiger charge is -2.53. The molecule has 1 aromatic rings. The van der Waals surface area contributed by atoms with E-state index in [1.165, 1.54) is 18.2 Å². The van der Waals surface area contributed by atoms with Gasteiger partial charge in [0.2, 0.25) is 0 Å². The highest BCUT2D eigenvalue weighted by Crippen LogP contribution is 3.39. The van der Waals surface area contributed by atoms with Crippen molar-refractivity contribution >= 4 is 302 Å². The monoisotopic (exact) mass is 1330 g/mol. The summed E-state index contributed by atoms with van der Waals surface area (Å²) in [6.45, 7) is -0.323. The Morgan fingerprint density at radius 1 is 0.578 bits per heavy atom. The van der Waals surface area contributed by atoms with Gasteiger partial charge in [-0.15, -0.1) is 152 Å². The van der Waals surface area contributed by atoms with E-state index in [2.05, 4.69) is 168 Å². The minimum atomic E-state index is -4.15. The summed E-state index contributed by atoms with van der Waals surface area (Å²) in [5.74, 6) is 0. The second-order valence-corrected chi connectivity index (χ2v) is 142. The molecule has 0 aliphatic heterocycles. The SMILES string of the molecule is O=S(=O)(O)c1ccc(Br)c(Cl)c1.PPP(P(P)P)P(P(P)P)P(P(P(P)P)P(P)P)P(P(P(P)P)P(P)P)P(P(P)P)P(P)P. The molecule has 39 heteroatoms. The largest absolute Gasteiger partial charge is 0.294 e. The normalized spacial score (nSPS) is 15.6. The predicted octanol–water partition coefficient (Wildman–Crippen LogP) is 21.4. The van der Waals surface area contributed by atoms with Crippen LogP contribution in [0.25, 0.3) is 0 Å². The lowest BCUT2D eigenvalue weighted by molar-refractivity contribution is 0.483. The van der Waals surface area contributed by atoms with Crippen molar-refractivity contribution in [2.45, 2.75) is 4.90 Å². The number of hydrogen-bond acceptors (Lipinski definition) is 2. The maximum absolute atomic E-state index is 10.6. The van der Waals surface area contributed by atoms with Gasteiger partial charge in [-0.25, -0.2) is 0 Å². The summed E-state index contributed by atoms with van der Waals surface area (Å²) in [7, 11) is 53.3. The second-order valence-electron chi connectivity index (χ2n) is 7.12. The fourth-order valence-corrected chi connectivity index (χ4v) is 443. The molecule has 0 aliphatic rings. The quantitative estimate of drug-likeness (QED) is 0.133. The van der Waals surface area contributed by atoms with E-state index in [9.17, 15) is 8.42 Å². The van der Waals surface area contributed by atoms with Crippen LogP contribution >= 0.6 is 292 Å². The molecule has 266 valence electrons. The summed E-state index contributed by atoms with van der Waals surface area (Å²) in [6, 6.07) is 3.87. The van der Waals surface area contributed by atoms with Gasteiger partial charge < -0.3 is 0 Å². The van der Waals surface area contributed by atoms with Crippen LogP contribution in [0.1, 0.15) is 0 Å². The van der Waals surface area contributed by atoms with E-state index in [0.29, 0.717) is 4.47 Å². The zero-order valence-electron chi connectivity index (χ0n) is 22.7. The van der Waals surface area contributed by atoms with Crippen LogP contribution in [0.3, 0.4) is 0 Å². The first kappa shape index (κ1) is 59.1. The predicted molar refractivity (Wildman–Crippen MR) is 326 cm³/mol. The van der Waals surface area contributed by atoms with E-state index in [1.54, 1.807) is 0 Å². The molecule has 0 saturated heterocycles. The van der Waals surface area contributed by atoms with Crippen LogP contribution in [-0.2, 0) is 10.1 Å². The van der Waals surface area contributed by atoms with Gasteiger partial charge in [0.1, 0.15) is 0 Å². The fourth-order valence-electron chi connectivity index (χ4n) is 2.46. The summed E-state index contributed by atoms with van der Waals surface area (Å²) in [4.78, 5) is -0.212. The Morgan fingerprint density at radius 2 is 0.889 bits per heavy atom. The van der Waals surface area contributed by atoms with Crippen molar-refractivity contribution in [2.24, 2.45) is 0 Å². The van der Waals surface area contributed by atoms with Gasteiger partial charge in [-0.3, -0.25) is 4.55 Å². The third kappa shape index (κ3) is 22.0. The van der Waals surface area contributed by atoms with E-state index in [-0.39, 0.29) is 115 Å². The molecule has 0 bridgehead atoms. The van der Waals surface area contributed by atoms with E-state index in [0.717, 1.165) is 7.96 Å². The van der Waals surface area contributed by atoms with Crippen LogP contribution in [0.15, 0.2) is 27.6 Å². The van der Waals surface area contributed by atoms with E-state index < -0.39 is 10.1 Å². The van der Waals surface area contributed by atoms with Crippen molar-refractivity contribution in [1.82, 2.24) is 0 Å². The van der Waals surface area contributed by atoms with Gasteiger partial charge >= 0.3 is 0 Å². The molecule has 0 spiro atoms. The topological polar surface area (TPSA) is 54.4 Å². The van der Waals surface area contributed by atoms with E-state index >= 15 is 0 Å². The second kappa shape index (κ2) is 31.0. The van der Waals surface area contributed by atoms with Gasteiger partial charge in [0.05, 0.1) is 9.92 Å². The third-order valence-electron chi connectivity index (χ3n) is 3.94. The Bertz CT molecular complexity index is 1060. The Morgan fingerprint density at radius 3 is 1.11 bits per heavy atom. The molecule has 1 rings (SSSR count). The molecular formula is C6H39BrClO3P33S. The maximum Gasteiger partial charge on any atom is 0.294 e. The Labute approximate surface area is 343 Å². The highest BCUT2D eigenvalue weighted by Gasteiger charge is 2.52. The molecule has 3 nitrogen and oxygen atoms in total. The minimum absolute atomic E-state index is 0.0163. The van der Waals surface area contributed by atoms with Crippen LogP contribution in [0, 0.1) is 0 Å². The zero-order valence-corrected chi connectivity index (χ0v) is 59.9. The molecular weight excluding hydrogens is 1290 g/mol. The lowest BCUT2D eigenvalue weighted by atomic mass is 10.4. The summed E-state index contributed by atoms with van der Waals surface area (Å²) in [5.41, 5.74) is 0. The van der Waals surface area contributed by atoms with E-state index in [1.807, 2.05) is 0 Å². The summed E-state index contributed by atoms with van der Waals surface area (Å²) >= 11 is 8.69. The number of rotatable bonds is 16. The van der Waals surface area contributed by atoms with Crippen LogP contribution in [0.2, 0.25) is 5.02 Å². The van der Waals surface area contributed by atoms with E-state index in [4.69, 9.17) is 16.2 Å². The molecule has 0 aromatic heterocycles. The van der Waals surface area contributed by atoms with Gasteiger partial charge in [0.15, 0.2) is 0 Å². The van der Waals surface area contributed by atoms with Crippen LogP contribution in [0.4, 0.5) is 0 Å². The molecule has 21 unspecified atom stereocenters. The average Bonchev–Trinajstić information content (AvgIpc) is 2.85. The molecule has 21 atom stereocenters. The smallest absolute Gasteiger partial charge is 0.282 e. The fraction of sp³-hybridized carbons (Fsp3) is 0. The van der Waals surface area contributed by atoms with Crippen molar-refractivity contribution in [3.05, 3.63) is 27.7 Å². The molecule has 0 amide bonds. The van der Waals surface area contributed by atoms with Gasteiger partial charge in [-0.2, -0.15) is 8.42 Å². The summed E-state index contributed by atoms with van der Waals surface area (Å²) < 4.78 is 30.3. The molecule has 0 saturated carbocycles. The van der Waals surface area contributed by atoms with Crippen LogP contribution in [0.5, 0.6) is 0 Å². The molecule has 1 aromatic carbocycles. The first-order valence-corrected chi connectivity index (χ1v) is 72.4. The zero-order chi connectivity index (χ0) is 35.7. The highest BCUT2D eigenvalue weighted by atomic mass is 79.9. The molecule has 0 fully saturated rings. The van der Waals surface area contributed by atoms with Crippen LogP contribution in [-0.4, -0.2) is 13.0 Å². The molecule has 45 heavy (non-hydrogen) atoms. The van der Waals surface area contributed by atoms with Gasteiger partial charge in [0, 0.05) is 4.47 Å². The third-order valence-corrected chi connectivity index (χ3v) is 226. The first-order valence-electron chi connectivity index (χ1n) is 10.3. The Hall–Kier alpha value is 14.1. The molecule has 0 radical (unpaired) electrons. The summed E-state index contributed by atoms with van der Waals surface area (Å²) in [6.07, 6.45) is 0. The van der Waals surface area contributed by atoms with Crippen molar-refractivity contribution < 1.29 is 13.0 Å². The number of halogens is 2. The highest BCUT2D eigenvalue weighted by molar-refractivity contribution is 9.45. The summed E-state index contributed by atoms with van der Waals surface area (Å²) in [5, 5.41) is 0.241. The Balaban J connectivity index is 0.00000133. The molecule has 0 heterocycles. The molecule has 1 N–H and O–H groups in total. The lowest BCUT2D eigenvalue weighted by Crippen LogP contribution is -1.97. The van der Waals surface area contributed by atoms with Gasteiger partial charge in [-0.1, -0.05) is 19.6 Å². The molecule has 0 aliphatic carbocycles. The number of hydrogen-bond donors (Lipinski definition) is 1. The van der Waals surface area contributed by atoms with Crippen molar-refractivity contribution in [2.75, 3.05) is 0 Å². The maximum atomic E-state index is 10.6. The average molecular weight is 1330 g/mol. The van der Waals surface area contributed by atoms with Gasteiger partial charge in [0.25, 0.3) is 10.1 Å². The van der Waals surface area contributed by atoms with Crippen LogP contribution < -0.4 is 0 Å². The van der Waals surface area contributed by atoms with Gasteiger partial charge in [-0.05, 0) is 139 Å².